The van der Waals surface area contributed by atoms with E-state index in [-0.39, 0.29) is 5.69 Å². The Labute approximate surface area is 88.0 Å². The molecule has 0 saturated carbocycles. The molecule has 78 valence electrons. The molecule has 0 fully saturated rings. The van der Waals surface area contributed by atoms with Gasteiger partial charge in [-0.1, -0.05) is 0 Å². The van der Waals surface area contributed by atoms with Crippen LogP contribution >= 0.6 is 0 Å². The van der Waals surface area contributed by atoms with Gasteiger partial charge in [0.2, 0.25) is 0 Å². The molecule has 1 rings (SSSR count). The van der Waals surface area contributed by atoms with Gasteiger partial charge in [-0.15, -0.1) is 12.3 Å². The molecule has 0 heterocycles. The molecular formula is C11H11NO3. The Balaban J connectivity index is 3.03. The van der Waals surface area contributed by atoms with Crippen molar-refractivity contribution in [1.82, 2.24) is 0 Å². The van der Waals surface area contributed by atoms with E-state index in [9.17, 15) is 10.1 Å². The number of nitrogens with zero attached hydrogens (tertiary/aromatic N) is 1. The van der Waals surface area contributed by atoms with Gasteiger partial charge in [-0.25, -0.2) is 0 Å². The van der Waals surface area contributed by atoms with Gasteiger partial charge >= 0.3 is 0 Å². The number of ether oxygens (including phenoxy) is 1. The van der Waals surface area contributed by atoms with E-state index in [1.165, 1.54) is 19.2 Å². The molecule has 0 aliphatic heterocycles. The van der Waals surface area contributed by atoms with Crippen LogP contribution in [0.2, 0.25) is 0 Å². The van der Waals surface area contributed by atoms with Crippen molar-refractivity contribution in [2.75, 3.05) is 7.11 Å². The van der Waals surface area contributed by atoms with Gasteiger partial charge in [-0.3, -0.25) is 10.1 Å². The summed E-state index contributed by atoms with van der Waals surface area (Å²) >= 11 is 0. The van der Waals surface area contributed by atoms with Gasteiger partial charge in [0.1, 0.15) is 5.75 Å². The lowest BCUT2D eigenvalue weighted by Gasteiger charge is -2.06. The average Bonchev–Trinajstić information content (AvgIpc) is 2.25. The van der Waals surface area contributed by atoms with Gasteiger partial charge in [0.25, 0.3) is 5.69 Å². The first-order valence-electron chi connectivity index (χ1n) is 4.43. The minimum Gasteiger partial charge on any atom is -0.496 e. The van der Waals surface area contributed by atoms with Crippen molar-refractivity contribution >= 4 is 5.69 Å². The molecule has 0 aliphatic carbocycles. The fourth-order valence-electron chi connectivity index (χ4n) is 1.28. The summed E-state index contributed by atoms with van der Waals surface area (Å²) < 4.78 is 5.09. The zero-order valence-corrected chi connectivity index (χ0v) is 8.40. The van der Waals surface area contributed by atoms with E-state index in [0.717, 1.165) is 5.56 Å². The van der Waals surface area contributed by atoms with Crippen LogP contribution in [-0.4, -0.2) is 12.0 Å². The Bertz CT molecular complexity index is 407. The molecule has 0 N–H and O–H groups in total. The third kappa shape index (κ3) is 2.71. The molecule has 4 heteroatoms. The van der Waals surface area contributed by atoms with Crippen molar-refractivity contribution in [2.45, 2.75) is 12.8 Å². The minimum absolute atomic E-state index is 0.0582. The Morgan fingerprint density at radius 3 is 2.87 bits per heavy atom. The van der Waals surface area contributed by atoms with Crippen molar-refractivity contribution < 1.29 is 9.66 Å². The highest BCUT2D eigenvalue weighted by molar-refractivity contribution is 5.44. The number of benzene rings is 1. The van der Waals surface area contributed by atoms with Crippen LogP contribution in [0.15, 0.2) is 18.2 Å². The number of hydrogen-bond donors (Lipinski definition) is 0. The minimum atomic E-state index is -0.432. The maximum atomic E-state index is 10.6. The van der Waals surface area contributed by atoms with Gasteiger partial charge in [-0.05, 0) is 12.5 Å². The molecule has 0 radical (unpaired) electrons. The van der Waals surface area contributed by atoms with Crippen molar-refractivity contribution in [3.8, 4) is 18.1 Å². The van der Waals surface area contributed by atoms with Crippen LogP contribution in [0.25, 0.3) is 0 Å². The number of rotatable bonds is 4. The Morgan fingerprint density at radius 2 is 2.33 bits per heavy atom. The zero-order chi connectivity index (χ0) is 11.3. The van der Waals surface area contributed by atoms with Crippen LogP contribution in [0.4, 0.5) is 5.69 Å². The van der Waals surface area contributed by atoms with Gasteiger partial charge in [0.05, 0.1) is 12.0 Å². The van der Waals surface area contributed by atoms with E-state index in [1.54, 1.807) is 6.07 Å². The van der Waals surface area contributed by atoms with Crippen LogP contribution in [0, 0.1) is 22.5 Å². The summed E-state index contributed by atoms with van der Waals surface area (Å²) in [5.41, 5.74) is 0.826. The SMILES string of the molecule is C#CCCc1cc([N+](=O)[O-])ccc1OC. The van der Waals surface area contributed by atoms with Gasteiger partial charge < -0.3 is 4.74 Å². The van der Waals surface area contributed by atoms with Crippen molar-refractivity contribution in [1.29, 1.82) is 0 Å². The van der Waals surface area contributed by atoms with Crippen molar-refractivity contribution in [3.05, 3.63) is 33.9 Å². The van der Waals surface area contributed by atoms with Gasteiger partial charge in [0.15, 0.2) is 0 Å². The average molecular weight is 205 g/mol. The molecule has 0 aromatic heterocycles. The van der Waals surface area contributed by atoms with Crippen LogP contribution < -0.4 is 4.74 Å². The van der Waals surface area contributed by atoms with Crippen LogP contribution in [-0.2, 0) is 6.42 Å². The Morgan fingerprint density at radius 1 is 1.60 bits per heavy atom. The smallest absolute Gasteiger partial charge is 0.269 e. The van der Waals surface area contributed by atoms with Gasteiger partial charge in [0, 0.05) is 24.1 Å². The Hall–Kier alpha value is -2.02. The van der Waals surface area contributed by atoms with E-state index in [4.69, 9.17) is 11.2 Å². The molecule has 4 nitrogen and oxygen atoms in total. The quantitative estimate of drug-likeness (QED) is 0.430. The molecule has 0 atom stereocenters. The summed E-state index contributed by atoms with van der Waals surface area (Å²) in [5.74, 6) is 3.13. The van der Waals surface area contributed by atoms with Crippen molar-refractivity contribution in [2.24, 2.45) is 0 Å². The molecule has 0 aliphatic rings. The van der Waals surface area contributed by atoms with E-state index in [2.05, 4.69) is 5.92 Å². The lowest BCUT2D eigenvalue weighted by Crippen LogP contribution is -1.95. The molecule has 1 aromatic rings. The first-order chi connectivity index (χ1) is 7.19. The lowest BCUT2D eigenvalue weighted by molar-refractivity contribution is -0.384. The first-order valence-corrected chi connectivity index (χ1v) is 4.43. The number of non-ortho nitro benzene ring substituents is 1. The standard InChI is InChI=1S/C11H11NO3/c1-3-4-5-9-8-10(12(13)14)6-7-11(9)15-2/h1,6-8H,4-5H2,2H3. The highest BCUT2D eigenvalue weighted by Gasteiger charge is 2.10. The second-order valence-electron chi connectivity index (χ2n) is 2.96. The summed E-state index contributed by atoms with van der Waals surface area (Å²) in [4.78, 5) is 10.1. The second-order valence-corrected chi connectivity index (χ2v) is 2.96. The molecule has 0 saturated heterocycles. The fourth-order valence-corrected chi connectivity index (χ4v) is 1.28. The maximum absolute atomic E-state index is 10.6. The summed E-state index contributed by atoms with van der Waals surface area (Å²) in [6.07, 6.45) is 6.26. The van der Waals surface area contributed by atoms with E-state index < -0.39 is 4.92 Å². The van der Waals surface area contributed by atoms with Crippen LogP contribution in [0.3, 0.4) is 0 Å². The number of nitro benzene ring substituents is 1. The third-order valence-electron chi connectivity index (χ3n) is 2.01. The zero-order valence-electron chi connectivity index (χ0n) is 8.40. The molecule has 0 amide bonds. The molecule has 0 unspecified atom stereocenters. The predicted octanol–water partition coefficient (Wildman–Crippen LogP) is 2.17. The fraction of sp³-hybridized carbons (Fsp3) is 0.273. The third-order valence-corrected chi connectivity index (χ3v) is 2.01. The summed E-state index contributed by atoms with van der Waals surface area (Å²) in [6.45, 7) is 0. The molecule has 1 aromatic carbocycles. The van der Waals surface area contributed by atoms with E-state index >= 15 is 0 Å². The highest BCUT2D eigenvalue weighted by Crippen LogP contribution is 2.24. The topological polar surface area (TPSA) is 52.4 Å². The van der Waals surface area contributed by atoms with Crippen LogP contribution in [0.1, 0.15) is 12.0 Å². The number of terminal acetylenes is 1. The monoisotopic (exact) mass is 205 g/mol. The normalized spacial score (nSPS) is 9.33. The summed E-state index contributed by atoms with van der Waals surface area (Å²) in [7, 11) is 1.53. The summed E-state index contributed by atoms with van der Waals surface area (Å²) in [6, 6.07) is 4.50. The van der Waals surface area contributed by atoms with Crippen molar-refractivity contribution in [3.63, 3.8) is 0 Å². The summed E-state index contributed by atoms with van der Waals surface area (Å²) in [5, 5.41) is 10.6. The maximum Gasteiger partial charge on any atom is 0.269 e. The van der Waals surface area contributed by atoms with E-state index in [0.29, 0.717) is 18.6 Å². The number of methoxy groups -OCH3 is 1. The second kappa shape index (κ2) is 5.01. The lowest BCUT2D eigenvalue weighted by atomic mass is 10.1. The first kappa shape index (κ1) is 11.1. The molecule has 0 bridgehead atoms. The van der Waals surface area contributed by atoms with E-state index in [1.807, 2.05) is 0 Å². The molecule has 0 spiro atoms. The Kier molecular flexibility index (Phi) is 3.69. The highest BCUT2D eigenvalue weighted by atomic mass is 16.6. The largest absolute Gasteiger partial charge is 0.496 e. The predicted molar refractivity (Wildman–Crippen MR) is 56.8 cm³/mol. The number of hydrogen-bond acceptors (Lipinski definition) is 3. The van der Waals surface area contributed by atoms with Gasteiger partial charge in [-0.2, -0.15) is 0 Å². The molecule has 15 heavy (non-hydrogen) atoms. The van der Waals surface area contributed by atoms with Crippen LogP contribution in [0.5, 0.6) is 5.75 Å². The number of nitro groups is 1. The molecular weight excluding hydrogens is 194 g/mol. The number of aryl methyl sites for hydroxylation is 1.